The molecule has 1 amide bonds. The van der Waals surface area contributed by atoms with E-state index in [-0.39, 0.29) is 27.6 Å². The van der Waals surface area contributed by atoms with Crippen molar-refractivity contribution in [2.75, 3.05) is 6.54 Å². The predicted molar refractivity (Wildman–Crippen MR) is 133 cm³/mol. The molecule has 2 N–H and O–H groups in total. The van der Waals surface area contributed by atoms with E-state index in [9.17, 15) is 40.8 Å². The van der Waals surface area contributed by atoms with Crippen LogP contribution in [0.15, 0.2) is 29.4 Å². The van der Waals surface area contributed by atoms with Crippen LogP contribution in [0.1, 0.15) is 47.3 Å². The summed E-state index contributed by atoms with van der Waals surface area (Å²) in [5.74, 6) is -8.30. The normalized spacial score (nSPS) is 17.1. The third-order valence-electron chi connectivity index (χ3n) is 6.70. The molecule has 0 aliphatic heterocycles. The Hall–Kier alpha value is -3.80. The molecular formula is C25H22ClF7N6O2. The van der Waals surface area contributed by atoms with Crippen LogP contribution in [0, 0.1) is 17.2 Å². The second-order valence-electron chi connectivity index (χ2n) is 9.65. The summed E-state index contributed by atoms with van der Waals surface area (Å²) in [4.78, 5) is 18.8. The van der Waals surface area contributed by atoms with E-state index in [2.05, 4.69) is 20.9 Å². The van der Waals surface area contributed by atoms with Crippen LogP contribution in [0.25, 0.3) is 5.57 Å². The summed E-state index contributed by atoms with van der Waals surface area (Å²) in [5.41, 5.74) is 2.93. The van der Waals surface area contributed by atoms with Gasteiger partial charge in [-0.2, -0.15) is 41.1 Å². The van der Waals surface area contributed by atoms with Gasteiger partial charge in [-0.1, -0.05) is 17.7 Å². The molecule has 0 spiro atoms. The van der Waals surface area contributed by atoms with Gasteiger partial charge in [0.1, 0.15) is 5.54 Å². The number of hydrogen-bond acceptors (Lipinski definition) is 6. The van der Waals surface area contributed by atoms with Gasteiger partial charge in [0, 0.05) is 31.6 Å². The van der Waals surface area contributed by atoms with E-state index in [1.807, 2.05) is 0 Å². The van der Waals surface area contributed by atoms with Crippen LogP contribution in [0.4, 0.5) is 36.6 Å². The van der Waals surface area contributed by atoms with Crippen molar-refractivity contribution in [2.24, 2.45) is 23.7 Å². The lowest BCUT2D eigenvalue weighted by Crippen LogP contribution is -2.43. The third-order valence-corrected chi connectivity index (χ3v) is 7.03. The van der Waals surface area contributed by atoms with Crippen molar-refractivity contribution in [3.8, 4) is 11.8 Å². The first-order valence-corrected chi connectivity index (χ1v) is 12.5. The number of benzene rings is 1. The average Bonchev–Trinajstić information content (AvgIpc) is 3.82. The van der Waals surface area contributed by atoms with Gasteiger partial charge in [-0.25, -0.2) is 9.67 Å². The fourth-order valence-electron chi connectivity index (χ4n) is 4.10. The molecule has 0 saturated heterocycles. The van der Waals surface area contributed by atoms with E-state index < -0.39 is 47.4 Å². The number of carbonyl (C=O) groups excluding carboxylic acids is 1. The van der Waals surface area contributed by atoms with Crippen molar-refractivity contribution < 1.29 is 40.3 Å². The zero-order chi connectivity index (χ0) is 30.3. The number of aromatic nitrogens is 2. The van der Waals surface area contributed by atoms with Crippen LogP contribution in [-0.2, 0) is 13.0 Å². The van der Waals surface area contributed by atoms with E-state index in [4.69, 9.17) is 17.3 Å². The predicted octanol–water partition coefficient (Wildman–Crippen LogP) is 5.94. The number of allylic oxidation sites excluding steroid dienone is 1. The first-order chi connectivity index (χ1) is 19.1. The van der Waals surface area contributed by atoms with Gasteiger partial charge >= 0.3 is 18.7 Å². The number of nitriles is 1. The summed E-state index contributed by atoms with van der Waals surface area (Å²) >= 11 is 6.32. The smallest absolute Gasteiger partial charge is 0.428 e. The van der Waals surface area contributed by atoms with Crippen LogP contribution in [-0.4, -0.2) is 51.7 Å². The average molecular weight is 607 g/mol. The minimum atomic E-state index is -6.16. The van der Waals surface area contributed by atoms with Gasteiger partial charge in [0.25, 0.3) is 5.91 Å². The SMILES string of the molecule is Cn1nc(C(F)(F)C(F)(F)F)c(OC(F)F)c1N=CC(=CN)c1ccc(Cl)c(C(=O)N(CC2CC2)C2(C#N)CC2)c1. The maximum atomic E-state index is 14.0. The van der Waals surface area contributed by atoms with Gasteiger partial charge in [0.2, 0.25) is 0 Å². The van der Waals surface area contributed by atoms with Crippen molar-refractivity contribution in [3.63, 3.8) is 0 Å². The lowest BCUT2D eigenvalue weighted by molar-refractivity contribution is -0.291. The van der Waals surface area contributed by atoms with Crippen LogP contribution >= 0.6 is 11.6 Å². The number of aliphatic imine (C=N–C) groups is 1. The number of amides is 1. The fraction of sp³-hybridized carbons (Fsp3) is 0.440. The Morgan fingerprint density at radius 1 is 1.34 bits per heavy atom. The Balaban J connectivity index is 1.69. The first kappa shape index (κ1) is 30.2. The number of alkyl halides is 7. The second kappa shape index (κ2) is 10.9. The Kier molecular flexibility index (Phi) is 8.01. The number of carbonyl (C=O) groups is 1. The van der Waals surface area contributed by atoms with Crippen LogP contribution in [0.5, 0.6) is 5.75 Å². The number of aryl methyl sites for hydroxylation is 1. The molecule has 2 aliphatic carbocycles. The topological polar surface area (TPSA) is 110 Å². The number of halogens is 8. The Morgan fingerprint density at radius 3 is 2.51 bits per heavy atom. The summed E-state index contributed by atoms with van der Waals surface area (Å²) in [6.07, 6.45) is -1.39. The number of rotatable bonds is 10. The van der Waals surface area contributed by atoms with E-state index in [0.717, 1.165) is 32.3 Å². The molecule has 2 aromatic rings. The number of hydrogen-bond donors (Lipinski definition) is 1. The molecule has 41 heavy (non-hydrogen) atoms. The highest BCUT2D eigenvalue weighted by atomic mass is 35.5. The van der Waals surface area contributed by atoms with E-state index >= 15 is 0 Å². The number of ether oxygens (including phenoxy) is 1. The molecule has 8 nitrogen and oxygen atoms in total. The lowest BCUT2D eigenvalue weighted by atomic mass is 10.0. The standard InChI is InChI=1S/C25H22ClF7N6O2/c1-38-20(18(41-22(27)28)19(37-38)24(29,30)25(31,32)33)36-10-15(9-34)14-4-5-17(26)16(8-14)21(40)39(11-13-2-3-13)23(12-35)6-7-23/h4-5,8-10,13,22H,2-3,6-7,11,34H2,1H3. The first-order valence-electron chi connectivity index (χ1n) is 12.1. The van der Waals surface area contributed by atoms with E-state index in [1.54, 1.807) is 0 Å². The third kappa shape index (κ3) is 5.97. The molecule has 4 rings (SSSR count). The molecule has 0 radical (unpaired) electrons. The highest BCUT2D eigenvalue weighted by Crippen LogP contribution is 2.49. The quantitative estimate of drug-likeness (QED) is 0.266. The number of nitrogens with two attached hydrogens (primary N) is 1. The Bertz CT molecular complexity index is 1440. The van der Waals surface area contributed by atoms with E-state index in [0.29, 0.717) is 24.1 Å². The Morgan fingerprint density at radius 2 is 2.00 bits per heavy atom. The van der Waals surface area contributed by atoms with Gasteiger partial charge < -0.3 is 15.4 Å². The number of nitrogens with zero attached hydrogens (tertiary/aromatic N) is 5. The summed E-state index contributed by atoms with van der Waals surface area (Å²) in [6, 6.07) is 6.35. The summed E-state index contributed by atoms with van der Waals surface area (Å²) in [5, 5.41) is 12.8. The molecule has 0 atom stereocenters. The van der Waals surface area contributed by atoms with Crippen LogP contribution < -0.4 is 10.5 Å². The molecule has 0 bridgehead atoms. The largest absolute Gasteiger partial charge is 0.459 e. The van der Waals surface area contributed by atoms with Gasteiger partial charge in [0.15, 0.2) is 17.3 Å². The Labute approximate surface area is 233 Å². The molecular weight excluding hydrogens is 585 g/mol. The minimum absolute atomic E-state index is 0.0132. The summed E-state index contributed by atoms with van der Waals surface area (Å²) < 4.78 is 97.3. The van der Waals surface area contributed by atoms with Crippen molar-refractivity contribution in [3.05, 3.63) is 46.2 Å². The maximum absolute atomic E-state index is 14.0. The highest BCUT2D eigenvalue weighted by Gasteiger charge is 2.62. The fourth-order valence-corrected chi connectivity index (χ4v) is 4.30. The van der Waals surface area contributed by atoms with Gasteiger partial charge in [0.05, 0.1) is 16.7 Å². The zero-order valence-corrected chi connectivity index (χ0v) is 22.0. The summed E-state index contributed by atoms with van der Waals surface area (Å²) in [7, 11) is 0.906. The molecule has 2 fully saturated rings. The van der Waals surface area contributed by atoms with Crippen molar-refractivity contribution in [1.29, 1.82) is 5.26 Å². The van der Waals surface area contributed by atoms with E-state index in [1.165, 1.54) is 23.1 Å². The molecule has 2 aliphatic rings. The van der Waals surface area contributed by atoms with Gasteiger partial charge in [-0.3, -0.25) is 4.79 Å². The van der Waals surface area contributed by atoms with Crippen molar-refractivity contribution >= 4 is 35.1 Å². The van der Waals surface area contributed by atoms with Crippen molar-refractivity contribution in [1.82, 2.24) is 14.7 Å². The van der Waals surface area contributed by atoms with Crippen molar-refractivity contribution in [2.45, 2.75) is 49.9 Å². The van der Waals surface area contributed by atoms with Gasteiger partial charge in [-0.05, 0) is 49.3 Å². The molecule has 1 aromatic heterocycles. The van der Waals surface area contributed by atoms with Gasteiger partial charge in [-0.15, -0.1) is 0 Å². The molecule has 0 unspecified atom stereocenters. The zero-order valence-electron chi connectivity index (χ0n) is 21.2. The van der Waals surface area contributed by atoms with Crippen LogP contribution in [0.3, 0.4) is 0 Å². The van der Waals surface area contributed by atoms with Crippen LogP contribution in [0.2, 0.25) is 5.02 Å². The molecule has 16 heteroatoms. The summed E-state index contributed by atoms with van der Waals surface area (Å²) in [6.45, 7) is -3.39. The highest BCUT2D eigenvalue weighted by molar-refractivity contribution is 6.34. The lowest BCUT2D eigenvalue weighted by Gasteiger charge is -2.28. The second-order valence-corrected chi connectivity index (χ2v) is 10.1. The molecule has 1 heterocycles. The minimum Gasteiger partial charge on any atom is -0.428 e. The molecule has 220 valence electrons. The maximum Gasteiger partial charge on any atom is 0.459 e. The monoisotopic (exact) mass is 606 g/mol. The molecule has 1 aromatic carbocycles. The molecule has 2 saturated carbocycles.